The van der Waals surface area contributed by atoms with Crippen LogP contribution in [-0.2, 0) is 21.7 Å². The third kappa shape index (κ3) is 7.22. The molecule has 0 atom stereocenters. The summed E-state index contributed by atoms with van der Waals surface area (Å²) in [5.41, 5.74) is 6.66. The summed E-state index contributed by atoms with van der Waals surface area (Å²) in [5.74, 6) is 0. The van der Waals surface area contributed by atoms with E-state index in [1.54, 1.807) is 22.3 Å². The molecule has 0 fully saturated rings. The predicted molar refractivity (Wildman–Crippen MR) is 85.2 cm³/mol. The monoisotopic (exact) mass is 374 g/mol. The Morgan fingerprint density at radius 1 is 0.773 bits per heavy atom. The Balaban J connectivity index is 0. The predicted octanol–water partition coefficient (Wildman–Crippen LogP) is 0.275. The van der Waals surface area contributed by atoms with Gasteiger partial charge in [-0.15, -0.1) is 0 Å². The van der Waals surface area contributed by atoms with E-state index in [4.69, 9.17) is 0 Å². The van der Waals surface area contributed by atoms with Gasteiger partial charge in [-0.05, 0) is 56.1 Å². The average Bonchev–Trinajstić information content (AvgIpc) is 3.04. The molecule has 0 saturated heterocycles. The van der Waals surface area contributed by atoms with Gasteiger partial charge in [0.15, 0.2) is 0 Å². The number of allylic oxidation sites excluding steroid dienone is 8. The van der Waals surface area contributed by atoms with Crippen LogP contribution in [0.15, 0.2) is 46.6 Å². The van der Waals surface area contributed by atoms with Crippen LogP contribution in [0, 0.1) is 0 Å². The van der Waals surface area contributed by atoms with E-state index in [-0.39, 0.29) is 46.5 Å². The summed E-state index contributed by atoms with van der Waals surface area (Å²) >= 11 is 0. The fourth-order valence-electron chi connectivity index (χ4n) is 3.07. The second-order valence-electron chi connectivity index (χ2n) is 5.85. The Hall–Kier alpha value is 0.254. The Kier molecular flexibility index (Phi) is 15.2. The molecule has 0 unspecified atom stereocenters. The molecular formula is C19H28Cl2Ti. The molecule has 0 aromatic heterocycles. The molecule has 0 spiro atoms. The molecule has 0 saturated carbocycles. The fourth-order valence-corrected chi connectivity index (χ4v) is 3.07. The van der Waals surface area contributed by atoms with E-state index in [0.717, 1.165) is 0 Å². The van der Waals surface area contributed by atoms with Crippen LogP contribution in [0.5, 0.6) is 0 Å². The van der Waals surface area contributed by atoms with Gasteiger partial charge in [-0.3, -0.25) is 0 Å². The quantitative estimate of drug-likeness (QED) is 0.535. The summed E-state index contributed by atoms with van der Waals surface area (Å²) < 4.78 is 0. The van der Waals surface area contributed by atoms with Crippen LogP contribution in [-0.4, -0.2) is 0 Å². The van der Waals surface area contributed by atoms with Gasteiger partial charge >= 0.3 is 21.7 Å². The van der Waals surface area contributed by atoms with Gasteiger partial charge in [0, 0.05) is 0 Å². The Morgan fingerprint density at radius 3 is 1.55 bits per heavy atom. The molecule has 0 N–H and O–H groups in total. The van der Waals surface area contributed by atoms with Crippen LogP contribution in [0.3, 0.4) is 0 Å². The maximum absolute atomic E-state index is 2.37. The Bertz CT molecular complexity index is 391. The van der Waals surface area contributed by atoms with E-state index < -0.39 is 0 Å². The van der Waals surface area contributed by atoms with Crippen molar-refractivity contribution in [1.82, 2.24) is 0 Å². The minimum atomic E-state index is 0. The van der Waals surface area contributed by atoms with Gasteiger partial charge in [-0.25, -0.2) is 0 Å². The smallest absolute Gasteiger partial charge is 1.00 e. The molecule has 0 aromatic carbocycles. The standard InChI is InChI=1S/C19H28.2ClH.Ti/c1-3-5-9-16-11-7-13-18(16)15-19-14-8-12-17(19)10-6-4-2;;;/h7-8,11-12H,3-6,9-10,13-15H2,1-2H3;2*1H;/q;;;+2/p-2. The molecule has 0 aliphatic heterocycles. The van der Waals surface area contributed by atoms with Crippen molar-refractivity contribution in [1.29, 1.82) is 0 Å². The van der Waals surface area contributed by atoms with Crippen molar-refractivity contribution in [3.05, 3.63) is 46.6 Å². The first-order chi connectivity index (χ1) is 9.35. The van der Waals surface area contributed by atoms with E-state index >= 15 is 0 Å². The van der Waals surface area contributed by atoms with Crippen molar-refractivity contribution in [2.75, 3.05) is 0 Å². The van der Waals surface area contributed by atoms with Crippen LogP contribution in [0.2, 0.25) is 0 Å². The maximum Gasteiger partial charge on any atom is 2.00 e. The van der Waals surface area contributed by atoms with Crippen molar-refractivity contribution in [3.63, 3.8) is 0 Å². The number of unbranched alkanes of at least 4 members (excludes halogenated alkanes) is 2. The molecule has 0 radical (unpaired) electrons. The summed E-state index contributed by atoms with van der Waals surface area (Å²) in [6.07, 6.45) is 20.9. The average molecular weight is 375 g/mol. The summed E-state index contributed by atoms with van der Waals surface area (Å²) in [4.78, 5) is 0. The van der Waals surface area contributed by atoms with Gasteiger partial charge < -0.3 is 24.8 Å². The molecule has 2 rings (SSSR count). The molecule has 2 aliphatic carbocycles. The SMILES string of the molecule is CCCCC1=C(CC2=C(CCCC)C=CC2)CC=C1.[Cl-].[Cl-].[Ti+2]. The molecule has 0 aromatic rings. The Morgan fingerprint density at radius 2 is 1.18 bits per heavy atom. The van der Waals surface area contributed by atoms with E-state index in [0.29, 0.717) is 0 Å². The largest absolute Gasteiger partial charge is 2.00 e. The number of rotatable bonds is 8. The van der Waals surface area contributed by atoms with E-state index in [2.05, 4.69) is 38.2 Å². The third-order valence-corrected chi connectivity index (χ3v) is 4.30. The minimum Gasteiger partial charge on any atom is -1.00 e. The number of hydrogen-bond acceptors (Lipinski definition) is 0. The zero-order chi connectivity index (χ0) is 13.5. The number of halogens is 2. The molecule has 2 aliphatic rings. The molecular weight excluding hydrogens is 347 g/mol. The van der Waals surface area contributed by atoms with Crippen LogP contribution in [0.4, 0.5) is 0 Å². The molecule has 22 heavy (non-hydrogen) atoms. The first-order valence-electron chi connectivity index (χ1n) is 8.10. The van der Waals surface area contributed by atoms with E-state index in [9.17, 15) is 0 Å². The van der Waals surface area contributed by atoms with Gasteiger partial charge in [0.05, 0.1) is 0 Å². The molecule has 0 nitrogen and oxygen atoms in total. The summed E-state index contributed by atoms with van der Waals surface area (Å²) in [6, 6.07) is 0. The van der Waals surface area contributed by atoms with Crippen LogP contribution in [0.1, 0.15) is 71.6 Å². The maximum atomic E-state index is 2.37. The molecule has 0 bridgehead atoms. The molecule has 122 valence electrons. The van der Waals surface area contributed by atoms with Crippen LogP contribution in [0.25, 0.3) is 0 Å². The number of hydrogen-bond donors (Lipinski definition) is 0. The van der Waals surface area contributed by atoms with E-state index in [1.807, 2.05) is 0 Å². The fraction of sp³-hybridized carbons (Fsp3) is 0.579. The van der Waals surface area contributed by atoms with Crippen molar-refractivity contribution in [3.8, 4) is 0 Å². The Labute approximate surface area is 164 Å². The normalized spacial score (nSPS) is 15.7. The van der Waals surface area contributed by atoms with Gasteiger partial charge in [0.25, 0.3) is 0 Å². The minimum absolute atomic E-state index is 0. The first-order valence-corrected chi connectivity index (χ1v) is 8.10. The van der Waals surface area contributed by atoms with Crippen molar-refractivity contribution >= 4 is 0 Å². The molecule has 0 heterocycles. The van der Waals surface area contributed by atoms with Crippen molar-refractivity contribution in [2.45, 2.75) is 71.6 Å². The topological polar surface area (TPSA) is 0 Å². The first kappa shape index (κ1) is 24.5. The van der Waals surface area contributed by atoms with Gasteiger partial charge in [0.2, 0.25) is 0 Å². The second kappa shape index (κ2) is 13.7. The zero-order valence-electron chi connectivity index (χ0n) is 13.9. The second-order valence-corrected chi connectivity index (χ2v) is 5.85. The van der Waals surface area contributed by atoms with Gasteiger partial charge in [-0.1, -0.05) is 62.1 Å². The summed E-state index contributed by atoms with van der Waals surface area (Å²) in [7, 11) is 0. The van der Waals surface area contributed by atoms with Gasteiger partial charge in [-0.2, -0.15) is 0 Å². The molecule has 0 amide bonds. The third-order valence-electron chi connectivity index (χ3n) is 4.30. The summed E-state index contributed by atoms with van der Waals surface area (Å²) in [5, 5.41) is 0. The van der Waals surface area contributed by atoms with Crippen LogP contribution < -0.4 is 24.8 Å². The van der Waals surface area contributed by atoms with Gasteiger partial charge in [0.1, 0.15) is 0 Å². The van der Waals surface area contributed by atoms with Crippen molar-refractivity contribution < 1.29 is 46.5 Å². The zero-order valence-corrected chi connectivity index (χ0v) is 17.0. The van der Waals surface area contributed by atoms with Crippen LogP contribution >= 0.6 is 0 Å². The van der Waals surface area contributed by atoms with Crippen molar-refractivity contribution in [2.24, 2.45) is 0 Å². The summed E-state index contributed by atoms with van der Waals surface area (Å²) in [6.45, 7) is 4.57. The van der Waals surface area contributed by atoms with E-state index in [1.165, 1.54) is 57.8 Å². The molecule has 3 heteroatoms.